The van der Waals surface area contributed by atoms with E-state index in [2.05, 4.69) is 5.32 Å². The second-order valence-corrected chi connectivity index (χ2v) is 6.34. The first-order valence-corrected chi connectivity index (χ1v) is 8.55. The summed E-state index contributed by atoms with van der Waals surface area (Å²) in [6.07, 6.45) is -0.677. The third kappa shape index (κ3) is 6.39. The number of ether oxygens (including phenoxy) is 1. The molecular formula is C16H17NO5S. The van der Waals surface area contributed by atoms with Crippen LogP contribution in [0.5, 0.6) is 5.75 Å². The second-order valence-electron chi connectivity index (χ2n) is 4.65. The summed E-state index contributed by atoms with van der Waals surface area (Å²) in [4.78, 5) is 11.5. The lowest BCUT2D eigenvalue weighted by Gasteiger charge is -2.08. The summed E-state index contributed by atoms with van der Waals surface area (Å²) in [5.41, 5.74) is 0.850. The molecule has 0 aliphatic heterocycles. The average Bonchev–Trinajstić information content (AvgIpc) is 2.54. The molecule has 0 bridgehead atoms. The maximum atomic E-state index is 11.7. The first kappa shape index (κ1) is 16.8. The van der Waals surface area contributed by atoms with Crippen LogP contribution in [0.15, 0.2) is 60.7 Å². The van der Waals surface area contributed by atoms with Crippen molar-refractivity contribution < 1.29 is 22.1 Å². The van der Waals surface area contributed by atoms with E-state index in [1.54, 1.807) is 30.3 Å². The van der Waals surface area contributed by atoms with Gasteiger partial charge in [0.2, 0.25) is 0 Å². The quantitative estimate of drug-likeness (QED) is 0.785. The Hall–Kier alpha value is -2.54. The average molecular weight is 335 g/mol. The molecule has 122 valence electrons. The molecule has 0 saturated carbocycles. The molecule has 1 amide bonds. The van der Waals surface area contributed by atoms with Crippen molar-refractivity contribution in [1.29, 1.82) is 0 Å². The first-order valence-electron chi connectivity index (χ1n) is 6.97. The van der Waals surface area contributed by atoms with Gasteiger partial charge in [-0.15, -0.1) is 0 Å². The lowest BCUT2D eigenvalue weighted by atomic mass is 10.2. The number of nitrogens with one attached hydrogen (secondary N) is 1. The van der Waals surface area contributed by atoms with Crippen LogP contribution in [-0.4, -0.2) is 26.8 Å². The van der Waals surface area contributed by atoms with Gasteiger partial charge in [-0.05, 0) is 17.7 Å². The van der Waals surface area contributed by atoms with Gasteiger partial charge in [0.15, 0.2) is 0 Å². The predicted octanol–water partition coefficient (Wildman–Crippen LogP) is 2.32. The minimum atomic E-state index is -3.77. The predicted molar refractivity (Wildman–Crippen MR) is 85.5 cm³/mol. The molecule has 1 N–H and O–H groups in total. The molecule has 2 rings (SSSR count). The van der Waals surface area contributed by atoms with Gasteiger partial charge in [-0.1, -0.05) is 48.5 Å². The van der Waals surface area contributed by atoms with Gasteiger partial charge in [-0.25, -0.2) is 4.79 Å². The molecule has 0 fully saturated rings. The van der Waals surface area contributed by atoms with E-state index < -0.39 is 16.2 Å². The molecule has 2 aromatic rings. The zero-order valence-electron chi connectivity index (χ0n) is 12.3. The van der Waals surface area contributed by atoms with E-state index in [4.69, 9.17) is 8.92 Å². The Morgan fingerprint density at radius 2 is 1.57 bits per heavy atom. The highest BCUT2D eigenvalue weighted by molar-refractivity contribution is 7.87. The highest BCUT2D eigenvalue weighted by Crippen LogP contribution is 2.11. The lowest BCUT2D eigenvalue weighted by Crippen LogP contribution is -2.30. The van der Waals surface area contributed by atoms with Crippen molar-refractivity contribution in [3.05, 3.63) is 66.2 Å². The second kappa shape index (κ2) is 8.19. The van der Waals surface area contributed by atoms with Crippen molar-refractivity contribution >= 4 is 16.2 Å². The zero-order valence-corrected chi connectivity index (χ0v) is 13.2. The number of carbonyl (C=O) groups is 1. The smallest absolute Gasteiger partial charge is 0.407 e. The monoisotopic (exact) mass is 335 g/mol. The molecule has 23 heavy (non-hydrogen) atoms. The van der Waals surface area contributed by atoms with Crippen molar-refractivity contribution in [3.8, 4) is 5.75 Å². The molecule has 6 nitrogen and oxygen atoms in total. The Balaban J connectivity index is 1.70. The van der Waals surface area contributed by atoms with Gasteiger partial charge in [-0.2, -0.15) is 8.42 Å². The summed E-state index contributed by atoms with van der Waals surface area (Å²) < 4.78 is 33.4. The largest absolute Gasteiger partial charge is 0.445 e. The minimum Gasteiger partial charge on any atom is -0.445 e. The summed E-state index contributed by atoms with van der Waals surface area (Å²) >= 11 is 0. The van der Waals surface area contributed by atoms with Crippen molar-refractivity contribution in [3.63, 3.8) is 0 Å². The van der Waals surface area contributed by atoms with E-state index in [1.807, 2.05) is 30.3 Å². The maximum Gasteiger partial charge on any atom is 0.407 e. The Kier molecular flexibility index (Phi) is 5.99. The highest BCUT2D eigenvalue weighted by atomic mass is 32.2. The standard InChI is InChI=1S/C16H17NO5S/c18-16(21-13-14-7-3-1-4-8-14)17-11-12-23(19,20)22-15-9-5-2-6-10-15/h1-10H,11-13H2,(H,17,18). The van der Waals surface area contributed by atoms with Crippen molar-refractivity contribution in [2.75, 3.05) is 12.3 Å². The van der Waals surface area contributed by atoms with E-state index in [9.17, 15) is 13.2 Å². The third-order valence-corrected chi connectivity index (χ3v) is 3.95. The van der Waals surface area contributed by atoms with Gasteiger partial charge in [0.05, 0.1) is 0 Å². The molecule has 0 radical (unpaired) electrons. The summed E-state index contributed by atoms with van der Waals surface area (Å²) in [5, 5.41) is 2.37. The molecule has 2 aromatic carbocycles. The summed E-state index contributed by atoms with van der Waals surface area (Å²) in [5.74, 6) is -0.110. The topological polar surface area (TPSA) is 81.7 Å². The van der Waals surface area contributed by atoms with Gasteiger partial charge in [0.25, 0.3) is 0 Å². The number of hydrogen-bond acceptors (Lipinski definition) is 5. The van der Waals surface area contributed by atoms with E-state index in [0.717, 1.165) is 5.56 Å². The van der Waals surface area contributed by atoms with Crippen LogP contribution >= 0.6 is 0 Å². The Morgan fingerprint density at radius 1 is 0.957 bits per heavy atom. The number of amides is 1. The Labute approximate surface area is 135 Å². The van der Waals surface area contributed by atoms with Gasteiger partial charge >= 0.3 is 16.2 Å². The Bertz CT molecular complexity index is 717. The van der Waals surface area contributed by atoms with E-state index in [-0.39, 0.29) is 24.7 Å². The summed E-state index contributed by atoms with van der Waals surface area (Å²) in [6, 6.07) is 17.4. The maximum absolute atomic E-state index is 11.7. The van der Waals surface area contributed by atoms with E-state index in [1.165, 1.54) is 0 Å². The van der Waals surface area contributed by atoms with Gasteiger partial charge in [0, 0.05) is 6.54 Å². The van der Waals surface area contributed by atoms with Gasteiger partial charge in [0.1, 0.15) is 18.1 Å². The molecular weight excluding hydrogens is 318 g/mol. The van der Waals surface area contributed by atoms with Crippen LogP contribution in [-0.2, 0) is 21.5 Å². The van der Waals surface area contributed by atoms with Crippen LogP contribution in [0.4, 0.5) is 4.79 Å². The number of hydrogen-bond donors (Lipinski definition) is 1. The van der Waals surface area contributed by atoms with Gasteiger partial charge < -0.3 is 14.2 Å². The van der Waals surface area contributed by atoms with Crippen LogP contribution < -0.4 is 9.50 Å². The van der Waals surface area contributed by atoms with E-state index in [0.29, 0.717) is 0 Å². The lowest BCUT2D eigenvalue weighted by molar-refractivity contribution is 0.140. The third-order valence-electron chi connectivity index (χ3n) is 2.80. The molecule has 0 heterocycles. The number of para-hydroxylation sites is 1. The molecule has 0 saturated heterocycles. The molecule has 0 spiro atoms. The SMILES string of the molecule is O=C(NCCS(=O)(=O)Oc1ccccc1)OCc1ccccc1. The van der Waals surface area contributed by atoms with E-state index >= 15 is 0 Å². The molecule has 0 unspecified atom stereocenters. The number of alkyl carbamates (subject to hydrolysis) is 1. The fraction of sp³-hybridized carbons (Fsp3) is 0.188. The van der Waals surface area contributed by atoms with Gasteiger partial charge in [-0.3, -0.25) is 0 Å². The van der Waals surface area contributed by atoms with Crippen LogP contribution in [0.25, 0.3) is 0 Å². The molecule has 0 aliphatic carbocycles. The molecule has 7 heteroatoms. The van der Waals surface area contributed by atoms with Crippen LogP contribution in [0.2, 0.25) is 0 Å². The fourth-order valence-electron chi connectivity index (χ4n) is 1.72. The molecule has 0 atom stereocenters. The first-order chi connectivity index (χ1) is 11.1. The normalized spacial score (nSPS) is 10.8. The summed E-state index contributed by atoms with van der Waals surface area (Å²) in [7, 11) is -3.77. The van der Waals surface area contributed by atoms with Crippen molar-refractivity contribution in [2.24, 2.45) is 0 Å². The molecule has 0 aromatic heterocycles. The van der Waals surface area contributed by atoms with Crippen LogP contribution in [0, 0.1) is 0 Å². The van der Waals surface area contributed by atoms with Crippen molar-refractivity contribution in [2.45, 2.75) is 6.61 Å². The van der Waals surface area contributed by atoms with Crippen LogP contribution in [0.1, 0.15) is 5.56 Å². The molecule has 0 aliphatic rings. The summed E-state index contributed by atoms with van der Waals surface area (Å²) in [6.45, 7) is 0.0305. The number of benzene rings is 2. The number of carbonyl (C=O) groups excluding carboxylic acids is 1. The minimum absolute atomic E-state index is 0.0945. The number of rotatable bonds is 7. The fourth-order valence-corrected chi connectivity index (χ4v) is 2.56. The van der Waals surface area contributed by atoms with Crippen molar-refractivity contribution in [1.82, 2.24) is 5.32 Å². The highest BCUT2D eigenvalue weighted by Gasteiger charge is 2.13. The van der Waals surface area contributed by atoms with Crippen LogP contribution in [0.3, 0.4) is 0 Å². The Morgan fingerprint density at radius 3 is 2.22 bits per heavy atom. The zero-order chi connectivity index (χ0) is 16.5.